The number of halogens is 6. The van der Waals surface area contributed by atoms with E-state index in [0.717, 1.165) is 0 Å². The van der Waals surface area contributed by atoms with Crippen LogP contribution < -0.4 is 4.74 Å². The quantitative estimate of drug-likeness (QED) is 0.431. The Bertz CT molecular complexity index is 506. The summed E-state index contributed by atoms with van der Waals surface area (Å²) in [4.78, 5) is 14.7. The summed E-state index contributed by atoms with van der Waals surface area (Å²) in [5, 5.41) is 0. The van der Waals surface area contributed by atoms with Crippen LogP contribution in [0.25, 0.3) is 0 Å². The Morgan fingerprint density at radius 2 is 2.05 bits per heavy atom. The molecular formula is C10H7F5INO3. The summed E-state index contributed by atoms with van der Waals surface area (Å²) in [6.07, 6.45) is -8.13. The lowest BCUT2D eigenvalue weighted by Crippen LogP contribution is -2.21. The van der Waals surface area contributed by atoms with Gasteiger partial charge in [0.1, 0.15) is 5.69 Å². The standard InChI is InChI=1S/C10H7F5INO3/c1-2-19-9(18)7-5(20-10(13,14)15)3-4(16)6(17-7)8(11)12/h3,8H,2H2,1H3. The number of hydrogen-bond donors (Lipinski definition) is 0. The van der Waals surface area contributed by atoms with Crippen molar-refractivity contribution in [3.05, 3.63) is 21.0 Å². The molecule has 0 fully saturated rings. The van der Waals surface area contributed by atoms with E-state index in [1.165, 1.54) is 29.5 Å². The fraction of sp³-hybridized carbons (Fsp3) is 0.400. The van der Waals surface area contributed by atoms with E-state index in [9.17, 15) is 26.7 Å². The number of alkyl halides is 5. The van der Waals surface area contributed by atoms with Crippen molar-refractivity contribution < 1.29 is 36.2 Å². The van der Waals surface area contributed by atoms with E-state index in [2.05, 4.69) is 14.5 Å². The number of nitrogens with zero attached hydrogens (tertiary/aromatic N) is 1. The normalized spacial score (nSPS) is 11.6. The van der Waals surface area contributed by atoms with Gasteiger partial charge in [0.05, 0.1) is 6.61 Å². The summed E-state index contributed by atoms with van der Waals surface area (Å²) in [5.74, 6) is -2.25. The first-order valence-electron chi connectivity index (χ1n) is 5.07. The van der Waals surface area contributed by atoms with Gasteiger partial charge in [0.2, 0.25) is 0 Å². The number of carbonyl (C=O) groups excluding carboxylic acids is 1. The highest BCUT2D eigenvalue weighted by molar-refractivity contribution is 14.1. The Labute approximate surface area is 123 Å². The molecule has 0 aliphatic rings. The molecular weight excluding hydrogens is 404 g/mol. The van der Waals surface area contributed by atoms with Gasteiger partial charge >= 0.3 is 12.3 Å². The summed E-state index contributed by atoms with van der Waals surface area (Å²) < 4.78 is 69.7. The van der Waals surface area contributed by atoms with Crippen LogP contribution in [0.5, 0.6) is 5.75 Å². The smallest absolute Gasteiger partial charge is 0.461 e. The highest BCUT2D eigenvalue weighted by atomic mass is 127. The van der Waals surface area contributed by atoms with Gasteiger partial charge < -0.3 is 9.47 Å². The topological polar surface area (TPSA) is 48.4 Å². The maximum Gasteiger partial charge on any atom is 0.573 e. The van der Waals surface area contributed by atoms with Crippen molar-refractivity contribution in [1.29, 1.82) is 0 Å². The monoisotopic (exact) mass is 411 g/mol. The summed E-state index contributed by atoms with van der Waals surface area (Å²) in [5.41, 5.74) is -1.76. The minimum atomic E-state index is -5.08. The van der Waals surface area contributed by atoms with Crippen molar-refractivity contribution in [1.82, 2.24) is 4.98 Å². The number of carbonyl (C=O) groups is 1. The first-order chi connectivity index (χ1) is 9.15. The maximum atomic E-state index is 12.6. The molecule has 0 N–H and O–H groups in total. The molecule has 0 aliphatic heterocycles. The summed E-state index contributed by atoms with van der Waals surface area (Å²) in [6, 6.07) is 0.662. The van der Waals surface area contributed by atoms with Crippen molar-refractivity contribution in [3.8, 4) is 5.75 Å². The van der Waals surface area contributed by atoms with Gasteiger partial charge in [-0.25, -0.2) is 18.6 Å². The van der Waals surface area contributed by atoms with E-state index in [1.807, 2.05) is 0 Å². The zero-order valence-electron chi connectivity index (χ0n) is 9.80. The first-order valence-corrected chi connectivity index (χ1v) is 6.15. The fourth-order valence-electron chi connectivity index (χ4n) is 1.19. The average Bonchev–Trinajstić information content (AvgIpc) is 2.26. The second-order valence-electron chi connectivity index (χ2n) is 3.27. The van der Waals surface area contributed by atoms with Gasteiger partial charge in [-0.1, -0.05) is 0 Å². The number of esters is 1. The molecule has 10 heteroatoms. The van der Waals surface area contributed by atoms with Crippen LogP contribution in [-0.2, 0) is 4.74 Å². The largest absolute Gasteiger partial charge is 0.573 e. The van der Waals surface area contributed by atoms with E-state index in [-0.39, 0.29) is 10.2 Å². The molecule has 0 amide bonds. The zero-order valence-corrected chi connectivity index (χ0v) is 12.0. The third-order valence-electron chi connectivity index (χ3n) is 1.87. The second-order valence-corrected chi connectivity index (χ2v) is 4.43. The fourth-order valence-corrected chi connectivity index (χ4v) is 1.83. The average molecular weight is 411 g/mol. The van der Waals surface area contributed by atoms with Gasteiger partial charge in [-0.2, -0.15) is 0 Å². The third kappa shape index (κ3) is 4.42. The van der Waals surface area contributed by atoms with E-state index >= 15 is 0 Å². The zero-order chi connectivity index (χ0) is 15.5. The maximum absolute atomic E-state index is 12.6. The predicted octanol–water partition coefficient (Wildman–Crippen LogP) is 3.70. The molecule has 0 unspecified atom stereocenters. The van der Waals surface area contributed by atoms with Crippen molar-refractivity contribution in [2.75, 3.05) is 6.61 Å². The molecule has 0 bridgehead atoms. The molecule has 0 atom stereocenters. The SMILES string of the molecule is CCOC(=O)c1nc(C(F)F)c(I)cc1OC(F)(F)F. The summed E-state index contributed by atoms with van der Waals surface area (Å²) in [6.45, 7) is 1.25. The molecule has 4 nitrogen and oxygen atoms in total. The number of rotatable bonds is 4. The Hall–Kier alpha value is -1.20. The Morgan fingerprint density at radius 3 is 2.50 bits per heavy atom. The van der Waals surface area contributed by atoms with Gasteiger partial charge in [-0.3, -0.25) is 0 Å². The van der Waals surface area contributed by atoms with E-state index in [1.54, 1.807) is 0 Å². The predicted molar refractivity (Wildman–Crippen MR) is 64.6 cm³/mol. The Kier molecular flexibility index (Phi) is 5.48. The van der Waals surface area contributed by atoms with Crippen LogP contribution in [0.15, 0.2) is 6.07 Å². The van der Waals surface area contributed by atoms with Crippen molar-refractivity contribution >= 4 is 28.6 Å². The minimum absolute atomic E-state index is 0.151. The second kappa shape index (κ2) is 6.50. The van der Waals surface area contributed by atoms with Crippen molar-refractivity contribution in [3.63, 3.8) is 0 Å². The molecule has 0 radical (unpaired) electrons. The Morgan fingerprint density at radius 1 is 1.45 bits per heavy atom. The molecule has 1 heterocycles. The van der Waals surface area contributed by atoms with Crippen molar-refractivity contribution in [2.24, 2.45) is 0 Å². The number of hydrogen-bond acceptors (Lipinski definition) is 4. The number of aromatic nitrogens is 1. The van der Waals surface area contributed by atoms with Crippen molar-refractivity contribution in [2.45, 2.75) is 19.7 Å². The van der Waals surface area contributed by atoms with Gasteiger partial charge in [0.25, 0.3) is 6.43 Å². The molecule has 20 heavy (non-hydrogen) atoms. The van der Waals surface area contributed by atoms with E-state index < -0.39 is 35.9 Å². The minimum Gasteiger partial charge on any atom is -0.461 e. The lowest BCUT2D eigenvalue weighted by molar-refractivity contribution is -0.274. The van der Waals surface area contributed by atoms with Gasteiger partial charge in [0, 0.05) is 3.57 Å². The molecule has 0 aromatic carbocycles. The van der Waals surface area contributed by atoms with E-state index in [4.69, 9.17) is 0 Å². The van der Waals surface area contributed by atoms with Crippen LogP contribution >= 0.6 is 22.6 Å². The first kappa shape index (κ1) is 16.9. The molecule has 1 aromatic heterocycles. The van der Waals surface area contributed by atoms with Crippen LogP contribution in [0.2, 0.25) is 0 Å². The van der Waals surface area contributed by atoms with Gasteiger partial charge in [-0.15, -0.1) is 13.2 Å². The van der Waals surface area contributed by atoms with E-state index in [0.29, 0.717) is 6.07 Å². The molecule has 112 valence electrons. The molecule has 0 aliphatic carbocycles. The molecule has 1 rings (SSSR count). The summed E-state index contributed by atoms with van der Waals surface area (Å²) in [7, 11) is 0. The lowest BCUT2D eigenvalue weighted by Gasteiger charge is -2.14. The van der Waals surface area contributed by atoms with Crippen LogP contribution in [0.3, 0.4) is 0 Å². The number of ether oxygens (including phenoxy) is 2. The van der Waals surface area contributed by atoms with Crippen LogP contribution in [-0.4, -0.2) is 23.9 Å². The highest BCUT2D eigenvalue weighted by Crippen LogP contribution is 2.31. The lowest BCUT2D eigenvalue weighted by atomic mass is 10.2. The van der Waals surface area contributed by atoms with Gasteiger partial charge in [-0.05, 0) is 35.6 Å². The van der Waals surface area contributed by atoms with Crippen LogP contribution in [0.4, 0.5) is 22.0 Å². The number of pyridine rings is 1. The molecule has 0 spiro atoms. The highest BCUT2D eigenvalue weighted by Gasteiger charge is 2.35. The van der Waals surface area contributed by atoms with Gasteiger partial charge in [0.15, 0.2) is 11.4 Å². The van der Waals surface area contributed by atoms with Crippen LogP contribution in [0, 0.1) is 3.57 Å². The third-order valence-corrected chi connectivity index (χ3v) is 2.73. The molecule has 0 saturated carbocycles. The molecule has 0 saturated heterocycles. The van der Waals surface area contributed by atoms with Crippen LogP contribution in [0.1, 0.15) is 29.5 Å². The Balaban J connectivity index is 3.33. The molecule has 1 aromatic rings. The summed E-state index contributed by atoms with van der Waals surface area (Å²) >= 11 is 1.37.